The van der Waals surface area contributed by atoms with Crippen LogP contribution in [0.15, 0.2) is 23.4 Å². The minimum Gasteiger partial charge on any atom is -0.493 e. The van der Waals surface area contributed by atoms with Gasteiger partial charge in [-0.15, -0.1) is 10.2 Å². The first-order valence-corrected chi connectivity index (χ1v) is 9.68. The first kappa shape index (κ1) is 20.2. The van der Waals surface area contributed by atoms with E-state index in [4.69, 9.17) is 10.6 Å². The van der Waals surface area contributed by atoms with Gasteiger partial charge >= 0.3 is 6.61 Å². The van der Waals surface area contributed by atoms with Crippen molar-refractivity contribution in [3.63, 3.8) is 0 Å². The number of nitrogens with two attached hydrogens (primary N) is 1. The van der Waals surface area contributed by atoms with Crippen molar-refractivity contribution in [2.24, 2.45) is 0 Å². The van der Waals surface area contributed by atoms with Crippen LogP contribution in [0.25, 0.3) is 0 Å². The number of aromatic nitrogens is 3. The highest BCUT2D eigenvalue weighted by Crippen LogP contribution is 2.39. The molecule has 1 aromatic heterocycles. The molecule has 1 amide bonds. The van der Waals surface area contributed by atoms with Gasteiger partial charge in [-0.1, -0.05) is 17.8 Å². The van der Waals surface area contributed by atoms with E-state index in [-0.39, 0.29) is 23.2 Å². The SMILES string of the molecule is COc1cc(CCNC(=O)CSc2nnc(C3CC3)n2N)ccc1OC(F)F. The monoisotopic (exact) mass is 413 g/mol. The minimum absolute atomic E-state index is 0.0295. The lowest BCUT2D eigenvalue weighted by molar-refractivity contribution is -0.118. The number of ether oxygens (including phenoxy) is 2. The van der Waals surface area contributed by atoms with Gasteiger partial charge in [-0.2, -0.15) is 8.78 Å². The van der Waals surface area contributed by atoms with Crippen LogP contribution in [0.4, 0.5) is 8.78 Å². The molecule has 0 bridgehead atoms. The molecule has 3 N–H and O–H groups in total. The van der Waals surface area contributed by atoms with E-state index in [2.05, 4.69) is 20.3 Å². The van der Waals surface area contributed by atoms with Crippen molar-refractivity contribution < 1.29 is 23.0 Å². The summed E-state index contributed by atoms with van der Waals surface area (Å²) in [5, 5.41) is 11.4. The van der Waals surface area contributed by atoms with E-state index < -0.39 is 6.61 Å². The van der Waals surface area contributed by atoms with Crippen LogP contribution >= 0.6 is 11.8 Å². The fraction of sp³-hybridized carbons (Fsp3) is 0.471. The Morgan fingerprint density at radius 2 is 2.18 bits per heavy atom. The molecule has 1 aliphatic rings. The van der Waals surface area contributed by atoms with E-state index >= 15 is 0 Å². The van der Waals surface area contributed by atoms with E-state index in [1.807, 2.05) is 0 Å². The summed E-state index contributed by atoms with van der Waals surface area (Å²) in [4.78, 5) is 12.0. The van der Waals surface area contributed by atoms with Gasteiger partial charge in [0.05, 0.1) is 12.9 Å². The lowest BCUT2D eigenvalue weighted by Gasteiger charge is -2.11. The molecule has 1 aromatic carbocycles. The predicted octanol–water partition coefficient (Wildman–Crippen LogP) is 1.93. The van der Waals surface area contributed by atoms with Gasteiger partial charge in [0.1, 0.15) is 0 Å². The summed E-state index contributed by atoms with van der Waals surface area (Å²) < 4.78 is 35.6. The third-order valence-electron chi connectivity index (χ3n) is 4.15. The molecule has 0 unspecified atom stereocenters. The highest BCUT2D eigenvalue weighted by atomic mass is 32.2. The van der Waals surface area contributed by atoms with Crippen LogP contribution in [0.1, 0.15) is 30.1 Å². The Hall–Kier alpha value is -2.56. The quantitative estimate of drug-likeness (QED) is 0.453. The minimum atomic E-state index is -2.92. The number of nitrogens with zero attached hydrogens (tertiary/aromatic N) is 3. The van der Waals surface area contributed by atoms with Crippen molar-refractivity contribution in [3.05, 3.63) is 29.6 Å². The van der Waals surface area contributed by atoms with Gasteiger partial charge in [-0.3, -0.25) is 4.79 Å². The summed E-state index contributed by atoms with van der Waals surface area (Å²) in [7, 11) is 1.38. The van der Waals surface area contributed by atoms with Crippen LogP contribution in [0.2, 0.25) is 0 Å². The van der Waals surface area contributed by atoms with Gasteiger partial charge < -0.3 is 20.6 Å². The number of thioether (sulfide) groups is 1. The molecule has 28 heavy (non-hydrogen) atoms. The standard InChI is InChI=1S/C17H21F2N5O3S/c1-26-13-8-10(2-5-12(13)27-16(18)19)6-7-21-14(25)9-28-17-23-22-15(24(17)20)11-3-4-11/h2,5,8,11,16H,3-4,6-7,9,20H2,1H3,(H,21,25). The molecule has 1 heterocycles. The van der Waals surface area contributed by atoms with Gasteiger partial charge in [-0.05, 0) is 37.0 Å². The average molecular weight is 413 g/mol. The summed E-state index contributed by atoms with van der Waals surface area (Å²) in [5.41, 5.74) is 0.821. The number of benzene rings is 1. The summed E-state index contributed by atoms with van der Waals surface area (Å²) in [5.74, 6) is 7.29. The summed E-state index contributed by atoms with van der Waals surface area (Å²) >= 11 is 1.23. The molecule has 1 aliphatic carbocycles. The normalized spacial score (nSPS) is 13.6. The zero-order valence-corrected chi connectivity index (χ0v) is 16.0. The van der Waals surface area contributed by atoms with Gasteiger partial charge in [-0.25, -0.2) is 4.68 Å². The van der Waals surface area contributed by atoms with Crippen LogP contribution < -0.4 is 20.6 Å². The molecule has 0 saturated heterocycles. The highest BCUT2D eigenvalue weighted by Gasteiger charge is 2.30. The van der Waals surface area contributed by atoms with Crippen LogP contribution in [0, 0.1) is 0 Å². The van der Waals surface area contributed by atoms with Gasteiger partial charge in [0.15, 0.2) is 17.3 Å². The molecule has 1 fully saturated rings. The maximum Gasteiger partial charge on any atom is 0.387 e. The molecular weight excluding hydrogens is 392 g/mol. The largest absolute Gasteiger partial charge is 0.493 e. The van der Waals surface area contributed by atoms with Crippen molar-refractivity contribution in [1.29, 1.82) is 0 Å². The Kier molecular flexibility index (Phi) is 6.55. The Morgan fingerprint density at radius 1 is 1.39 bits per heavy atom. The molecule has 0 spiro atoms. The molecule has 1 saturated carbocycles. The number of nitrogens with one attached hydrogen (secondary N) is 1. The van der Waals surface area contributed by atoms with Crippen molar-refractivity contribution in [1.82, 2.24) is 20.2 Å². The van der Waals surface area contributed by atoms with Crippen molar-refractivity contribution in [2.75, 3.05) is 25.3 Å². The number of hydrogen-bond donors (Lipinski definition) is 2. The van der Waals surface area contributed by atoms with Crippen molar-refractivity contribution in [2.45, 2.75) is 36.9 Å². The number of hydrogen-bond acceptors (Lipinski definition) is 7. The zero-order valence-electron chi connectivity index (χ0n) is 15.2. The van der Waals surface area contributed by atoms with Crippen LogP contribution in [-0.2, 0) is 11.2 Å². The Balaban J connectivity index is 1.43. The maximum atomic E-state index is 12.3. The number of carbonyl (C=O) groups is 1. The maximum absolute atomic E-state index is 12.3. The number of rotatable bonds is 10. The van der Waals surface area contributed by atoms with Gasteiger partial charge in [0, 0.05) is 12.5 Å². The molecule has 8 nitrogen and oxygen atoms in total. The van der Waals surface area contributed by atoms with Crippen molar-refractivity contribution >= 4 is 17.7 Å². The van der Waals surface area contributed by atoms with Crippen LogP contribution in [-0.4, -0.2) is 46.8 Å². The topological polar surface area (TPSA) is 104 Å². The molecule has 11 heteroatoms. The third-order valence-corrected chi connectivity index (χ3v) is 5.09. The molecular formula is C17H21F2N5O3S. The van der Waals surface area contributed by atoms with Crippen LogP contribution in [0.3, 0.4) is 0 Å². The second-order valence-electron chi connectivity index (χ2n) is 6.24. The third kappa shape index (κ3) is 5.24. The molecule has 2 aromatic rings. The number of halogens is 2. The second-order valence-corrected chi connectivity index (χ2v) is 7.18. The van der Waals surface area contributed by atoms with E-state index in [1.54, 1.807) is 12.1 Å². The predicted molar refractivity (Wildman–Crippen MR) is 99.2 cm³/mol. The molecule has 0 radical (unpaired) electrons. The first-order valence-electron chi connectivity index (χ1n) is 8.69. The lowest BCUT2D eigenvalue weighted by Crippen LogP contribution is -2.27. The second kappa shape index (κ2) is 9.09. The Morgan fingerprint density at radius 3 is 2.86 bits per heavy atom. The van der Waals surface area contributed by atoms with Crippen molar-refractivity contribution in [3.8, 4) is 11.5 Å². The van der Waals surface area contributed by atoms with E-state index in [0.717, 1.165) is 24.2 Å². The number of nitrogen functional groups attached to an aromatic ring is 1. The first-order chi connectivity index (χ1) is 13.5. The Labute approximate surface area is 164 Å². The molecule has 152 valence electrons. The molecule has 0 atom stereocenters. The Bertz CT molecular complexity index is 829. The number of carbonyl (C=O) groups excluding carboxylic acids is 1. The molecule has 0 aliphatic heterocycles. The average Bonchev–Trinajstić information content (AvgIpc) is 3.44. The zero-order chi connectivity index (χ0) is 20.1. The summed E-state index contributed by atoms with van der Waals surface area (Å²) in [6.45, 7) is -2.53. The van der Waals surface area contributed by atoms with E-state index in [0.29, 0.717) is 24.0 Å². The number of alkyl halides is 2. The fourth-order valence-electron chi connectivity index (χ4n) is 2.59. The smallest absolute Gasteiger partial charge is 0.387 e. The van der Waals surface area contributed by atoms with Crippen LogP contribution in [0.5, 0.6) is 11.5 Å². The summed E-state index contributed by atoms with van der Waals surface area (Å²) in [6, 6.07) is 4.68. The number of methoxy groups -OCH3 is 1. The van der Waals surface area contributed by atoms with Gasteiger partial charge in [0.25, 0.3) is 0 Å². The fourth-order valence-corrected chi connectivity index (χ4v) is 3.29. The van der Waals surface area contributed by atoms with Gasteiger partial charge in [0.2, 0.25) is 11.1 Å². The number of amides is 1. The summed E-state index contributed by atoms with van der Waals surface area (Å²) in [6.07, 6.45) is 2.65. The lowest BCUT2D eigenvalue weighted by atomic mass is 10.1. The molecule has 3 rings (SSSR count). The van der Waals surface area contributed by atoms with E-state index in [9.17, 15) is 13.6 Å². The van der Waals surface area contributed by atoms with E-state index in [1.165, 1.54) is 29.6 Å². The highest BCUT2D eigenvalue weighted by molar-refractivity contribution is 7.99.